The second-order valence-corrected chi connectivity index (χ2v) is 8.07. The highest BCUT2D eigenvalue weighted by Crippen LogP contribution is 2.31. The summed E-state index contributed by atoms with van der Waals surface area (Å²) in [6.07, 6.45) is 4.12. The number of carbonyl (C=O) groups excluding carboxylic acids is 1. The van der Waals surface area contributed by atoms with Crippen molar-refractivity contribution >= 4 is 29.0 Å². The van der Waals surface area contributed by atoms with Crippen LogP contribution in [0.2, 0.25) is 0 Å². The van der Waals surface area contributed by atoms with Crippen LogP contribution in [-0.2, 0) is 0 Å². The number of aromatic nitrogens is 1. The molecule has 2 N–H and O–H groups in total. The normalized spacial score (nSPS) is 26.3. The smallest absolute Gasteiger partial charge is 0.251 e. The molecule has 4 nitrogen and oxygen atoms in total. The minimum absolute atomic E-state index is 0.0325. The van der Waals surface area contributed by atoms with Gasteiger partial charge in [-0.2, -0.15) is 0 Å². The van der Waals surface area contributed by atoms with Crippen molar-refractivity contribution in [1.29, 1.82) is 0 Å². The maximum Gasteiger partial charge on any atom is 0.251 e. The molecule has 1 saturated heterocycles. The zero-order valence-electron chi connectivity index (χ0n) is 12.0. The first kappa shape index (κ1) is 14.2. The highest BCUT2D eigenvalue weighted by molar-refractivity contribution is 8.01. The number of hydrogen-bond acceptors (Lipinski definition) is 5. The molecule has 3 atom stereocenters. The van der Waals surface area contributed by atoms with E-state index in [1.807, 2.05) is 29.6 Å². The van der Waals surface area contributed by atoms with E-state index >= 15 is 0 Å². The molecule has 2 bridgehead atoms. The van der Waals surface area contributed by atoms with Crippen LogP contribution in [0.25, 0.3) is 0 Å². The molecule has 1 amide bonds. The van der Waals surface area contributed by atoms with Crippen LogP contribution in [-0.4, -0.2) is 29.5 Å². The number of carbonyl (C=O) groups is 1. The number of piperidine rings is 1. The largest absolute Gasteiger partial charge is 0.348 e. The van der Waals surface area contributed by atoms with Gasteiger partial charge in [0, 0.05) is 34.1 Å². The van der Waals surface area contributed by atoms with Gasteiger partial charge in [0.25, 0.3) is 5.91 Å². The van der Waals surface area contributed by atoms with Crippen LogP contribution in [0.5, 0.6) is 0 Å². The van der Waals surface area contributed by atoms with E-state index in [2.05, 4.69) is 15.6 Å². The van der Waals surface area contributed by atoms with Gasteiger partial charge in [0.15, 0.2) is 4.34 Å². The third-order valence-corrected chi connectivity index (χ3v) is 6.27. The molecule has 1 aromatic carbocycles. The molecule has 2 heterocycles. The maximum atomic E-state index is 12.3. The van der Waals surface area contributed by atoms with Crippen LogP contribution < -0.4 is 10.6 Å². The number of rotatable bonds is 4. The zero-order chi connectivity index (χ0) is 14.9. The molecule has 4 rings (SSSR count). The summed E-state index contributed by atoms with van der Waals surface area (Å²) < 4.78 is 1.02. The van der Waals surface area contributed by atoms with Crippen LogP contribution in [0.4, 0.5) is 0 Å². The van der Waals surface area contributed by atoms with Crippen molar-refractivity contribution in [1.82, 2.24) is 15.6 Å². The first-order chi connectivity index (χ1) is 10.8. The van der Waals surface area contributed by atoms with Crippen molar-refractivity contribution in [2.24, 2.45) is 5.92 Å². The number of benzene rings is 1. The molecule has 0 spiro atoms. The molecule has 1 aromatic heterocycles. The highest BCUT2D eigenvalue weighted by atomic mass is 32.2. The standard InChI is InChI=1S/C16H17N3OS2/c20-15(19-14-8-10-7-13(14)18-9-10)11-1-3-12(4-2-11)22-16-17-5-6-21-16/h1-6,10,13-14,18H,7-9H2,(H,19,20). The van der Waals surface area contributed by atoms with Gasteiger partial charge in [0.05, 0.1) is 0 Å². The summed E-state index contributed by atoms with van der Waals surface area (Å²) in [7, 11) is 0. The molecule has 3 unspecified atom stereocenters. The van der Waals surface area contributed by atoms with Gasteiger partial charge in [-0.25, -0.2) is 4.98 Å². The Morgan fingerprint density at radius 3 is 2.82 bits per heavy atom. The Balaban J connectivity index is 1.38. The predicted octanol–water partition coefficient (Wildman–Crippen LogP) is 2.77. The average Bonchev–Trinajstić information content (AvgIpc) is 3.25. The Labute approximate surface area is 137 Å². The number of fused-ring (bicyclic) bond motifs is 2. The second-order valence-electron chi connectivity index (χ2n) is 5.86. The Kier molecular flexibility index (Phi) is 3.90. The van der Waals surface area contributed by atoms with Gasteiger partial charge < -0.3 is 10.6 Å². The van der Waals surface area contributed by atoms with Gasteiger partial charge in [0.2, 0.25) is 0 Å². The molecule has 0 radical (unpaired) electrons. The van der Waals surface area contributed by atoms with Crippen molar-refractivity contribution in [3.63, 3.8) is 0 Å². The Morgan fingerprint density at radius 1 is 1.32 bits per heavy atom. The molecule has 22 heavy (non-hydrogen) atoms. The lowest BCUT2D eigenvalue weighted by atomic mass is 10.1. The first-order valence-corrected chi connectivity index (χ1v) is 9.19. The van der Waals surface area contributed by atoms with Gasteiger partial charge in [-0.05, 0) is 49.6 Å². The summed E-state index contributed by atoms with van der Waals surface area (Å²) in [4.78, 5) is 17.7. The second kappa shape index (κ2) is 6.02. The lowest BCUT2D eigenvalue weighted by Gasteiger charge is -2.24. The number of amides is 1. The van der Waals surface area contributed by atoms with E-state index in [-0.39, 0.29) is 11.9 Å². The van der Waals surface area contributed by atoms with Gasteiger partial charge in [-0.15, -0.1) is 11.3 Å². The fraction of sp³-hybridized carbons (Fsp3) is 0.375. The fourth-order valence-electron chi connectivity index (χ4n) is 3.30. The van der Waals surface area contributed by atoms with Crippen LogP contribution >= 0.6 is 23.1 Å². The van der Waals surface area contributed by atoms with Crippen molar-refractivity contribution < 1.29 is 4.79 Å². The van der Waals surface area contributed by atoms with E-state index in [1.165, 1.54) is 6.42 Å². The van der Waals surface area contributed by atoms with Crippen molar-refractivity contribution in [2.45, 2.75) is 34.2 Å². The fourth-order valence-corrected chi connectivity index (χ4v) is 4.90. The number of nitrogens with one attached hydrogen (secondary N) is 2. The quantitative estimate of drug-likeness (QED) is 0.904. The lowest BCUT2D eigenvalue weighted by Crippen LogP contribution is -2.47. The van der Waals surface area contributed by atoms with Crippen LogP contribution in [0.3, 0.4) is 0 Å². The Bertz CT molecular complexity index is 657. The van der Waals surface area contributed by atoms with Crippen molar-refractivity contribution in [3.8, 4) is 0 Å². The molecule has 114 valence electrons. The molecule has 6 heteroatoms. The average molecular weight is 331 g/mol. The van der Waals surface area contributed by atoms with E-state index < -0.39 is 0 Å². The Morgan fingerprint density at radius 2 is 2.18 bits per heavy atom. The Hall–Kier alpha value is -1.37. The summed E-state index contributed by atoms with van der Waals surface area (Å²) in [5.74, 6) is 0.775. The predicted molar refractivity (Wildman–Crippen MR) is 88.4 cm³/mol. The van der Waals surface area contributed by atoms with Crippen molar-refractivity contribution in [2.75, 3.05) is 6.54 Å². The molecule has 1 aliphatic heterocycles. The molecule has 2 aromatic rings. The highest BCUT2D eigenvalue weighted by Gasteiger charge is 2.39. The summed E-state index contributed by atoms with van der Waals surface area (Å²) in [6, 6.07) is 8.52. The molecular weight excluding hydrogens is 314 g/mol. The number of hydrogen-bond donors (Lipinski definition) is 2. The summed E-state index contributed by atoms with van der Waals surface area (Å²) in [6.45, 7) is 1.11. The monoisotopic (exact) mass is 331 g/mol. The van der Waals surface area contributed by atoms with E-state index in [0.29, 0.717) is 6.04 Å². The third kappa shape index (κ3) is 2.91. The molecule has 1 saturated carbocycles. The van der Waals surface area contributed by atoms with Gasteiger partial charge in [-0.1, -0.05) is 11.8 Å². The van der Waals surface area contributed by atoms with E-state index in [0.717, 1.165) is 33.7 Å². The summed E-state index contributed by atoms with van der Waals surface area (Å²) >= 11 is 3.25. The first-order valence-electron chi connectivity index (χ1n) is 7.49. The maximum absolute atomic E-state index is 12.3. The van der Waals surface area contributed by atoms with Gasteiger partial charge in [-0.3, -0.25) is 4.79 Å². The minimum atomic E-state index is 0.0325. The van der Waals surface area contributed by atoms with E-state index in [4.69, 9.17) is 0 Å². The zero-order valence-corrected chi connectivity index (χ0v) is 13.6. The topological polar surface area (TPSA) is 54.0 Å². The van der Waals surface area contributed by atoms with Crippen molar-refractivity contribution in [3.05, 3.63) is 41.4 Å². The van der Waals surface area contributed by atoms with E-state index in [1.54, 1.807) is 29.3 Å². The minimum Gasteiger partial charge on any atom is -0.348 e. The van der Waals surface area contributed by atoms with Gasteiger partial charge in [0.1, 0.15) is 0 Å². The van der Waals surface area contributed by atoms with Crippen LogP contribution in [0.15, 0.2) is 45.1 Å². The molecular formula is C16H17N3OS2. The number of nitrogens with zero attached hydrogens (tertiary/aromatic N) is 1. The lowest BCUT2D eigenvalue weighted by molar-refractivity contribution is 0.0928. The molecule has 1 aliphatic carbocycles. The van der Waals surface area contributed by atoms with Crippen LogP contribution in [0, 0.1) is 5.92 Å². The number of thiazole rings is 1. The summed E-state index contributed by atoms with van der Waals surface area (Å²) in [5.41, 5.74) is 0.728. The SMILES string of the molecule is O=C(NC1CC2CNC1C2)c1ccc(Sc2nccs2)cc1. The van der Waals surface area contributed by atoms with E-state index in [9.17, 15) is 4.79 Å². The third-order valence-electron chi connectivity index (χ3n) is 4.38. The van der Waals surface area contributed by atoms with Crippen LogP contribution in [0.1, 0.15) is 23.2 Å². The summed E-state index contributed by atoms with van der Waals surface area (Å²) in [5, 5.41) is 8.61. The molecule has 2 fully saturated rings. The molecule has 2 aliphatic rings. The van der Waals surface area contributed by atoms with Gasteiger partial charge >= 0.3 is 0 Å².